The van der Waals surface area contributed by atoms with E-state index in [1.807, 2.05) is 19.9 Å². The summed E-state index contributed by atoms with van der Waals surface area (Å²) < 4.78 is 0. The quantitative estimate of drug-likeness (QED) is 0.395. The monoisotopic (exact) mass is 463 g/mol. The van der Waals surface area contributed by atoms with Gasteiger partial charge in [-0.15, -0.1) is 0 Å². The van der Waals surface area contributed by atoms with E-state index in [1.165, 1.54) is 36.8 Å². The maximum atomic E-state index is 13.2. The third-order valence-corrected chi connectivity index (χ3v) is 8.72. The molecule has 0 spiro atoms. The molecule has 3 atom stereocenters. The van der Waals surface area contributed by atoms with Gasteiger partial charge in [0.15, 0.2) is 0 Å². The number of nitrogens with one attached hydrogen (secondary N) is 1. The number of fused-ring (bicyclic) bond motifs is 3. The number of carbonyl (C=O) groups excluding carboxylic acids is 1. The number of aryl methyl sites for hydroxylation is 1. The lowest BCUT2D eigenvalue weighted by Crippen LogP contribution is -2.48. The summed E-state index contributed by atoms with van der Waals surface area (Å²) in [4.78, 5) is 13.2. The second-order valence-electron chi connectivity index (χ2n) is 11.6. The number of rotatable bonds is 8. The lowest BCUT2D eigenvalue weighted by molar-refractivity contribution is -0.0562. The van der Waals surface area contributed by atoms with E-state index in [1.54, 1.807) is 0 Å². The zero-order chi connectivity index (χ0) is 24.3. The standard InChI is InChI=1S/C31H45NO2/c1-5-7-11-28(22(3)4)32-29(33)25-14-15-27-24(19-25)9-8-10-26-21-30(34,16-6-2)17-18-31(26,27)20-23-12-13-23/h7,11,14-15,19,23,26,34H,5-6,8-10,12-13,16-18,20-21H2,1-4H3,(H,32,33). The van der Waals surface area contributed by atoms with Crippen molar-refractivity contribution in [3.05, 3.63) is 58.3 Å². The number of aliphatic hydroxyl groups is 1. The fourth-order valence-electron chi connectivity index (χ4n) is 6.79. The molecule has 1 aromatic carbocycles. The van der Waals surface area contributed by atoms with Crippen molar-refractivity contribution in [1.82, 2.24) is 5.32 Å². The van der Waals surface area contributed by atoms with Crippen LogP contribution in [-0.4, -0.2) is 16.6 Å². The number of hydrogen-bond acceptors (Lipinski definition) is 2. The molecule has 34 heavy (non-hydrogen) atoms. The second-order valence-corrected chi connectivity index (χ2v) is 11.6. The van der Waals surface area contributed by atoms with Gasteiger partial charge in [-0.1, -0.05) is 50.8 Å². The van der Waals surface area contributed by atoms with Crippen LogP contribution in [0.4, 0.5) is 0 Å². The Balaban J connectivity index is 1.65. The molecule has 0 aromatic heterocycles. The van der Waals surface area contributed by atoms with Crippen LogP contribution >= 0.6 is 0 Å². The van der Waals surface area contributed by atoms with Crippen molar-refractivity contribution in [2.24, 2.45) is 11.8 Å². The van der Waals surface area contributed by atoms with Gasteiger partial charge in [-0.2, -0.15) is 0 Å². The van der Waals surface area contributed by atoms with E-state index in [-0.39, 0.29) is 11.3 Å². The summed E-state index contributed by atoms with van der Waals surface area (Å²) in [6.07, 6.45) is 17.4. The number of hydrogen-bond donors (Lipinski definition) is 2. The van der Waals surface area contributed by atoms with Gasteiger partial charge in [-0.25, -0.2) is 0 Å². The third kappa shape index (κ3) is 5.35. The van der Waals surface area contributed by atoms with Crippen molar-refractivity contribution in [2.45, 2.75) is 116 Å². The lowest BCUT2D eigenvalue weighted by Gasteiger charge is -2.51. The largest absolute Gasteiger partial charge is 0.390 e. The number of carbonyl (C=O) groups is 1. The normalized spacial score (nSPS) is 28.7. The van der Waals surface area contributed by atoms with Gasteiger partial charge in [0.1, 0.15) is 0 Å². The van der Waals surface area contributed by atoms with Crippen LogP contribution in [0.25, 0.3) is 0 Å². The SMILES string of the molecule is CCC=CC(NC(=O)c1ccc2c(c1)CCCC1CC(O)(CCC)CCC21CC1CC1)=C(C)C. The summed E-state index contributed by atoms with van der Waals surface area (Å²) in [6, 6.07) is 6.53. The first kappa shape index (κ1) is 25.2. The van der Waals surface area contributed by atoms with Crippen molar-refractivity contribution in [3.8, 4) is 0 Å². The van der Waals surface area contributed by atoms with Crippen molar-refractivity contribution in [3.63, 3.8) is 0 Å². The Morgan fingerprint density at radius 2 is 1.97 bits per heavy atom. The molecule has 0 radical (unpaired) electrons. The molecule has 0 heterocycles. The zero-order valence-corrected chi connectivity index (χ0v) is 21.9. The van der Waals surface area contributed by atoms with Crippen LogP contribution < -0.4 is 5.32 Å². The highest BCUT2D eigenvalue weighted by molar-refractivity contribution is 5.96. The predicted octanol–water partition coefficient (Wildman–Crippen LogP) is 7.38. The minimum Gasteiger partial charge on any atom is -0.390 e. The van der Waals surface area contributed by atoms with E-state index in [0.717, 1.165) is 74.1 Å². The average molecular weight is 464 g/mol. The highest BCUT2D eigenvalue weighted by Gasteiger charge is 2.52. The Bertz CT molecular complexity index is 952. The molecule has 3 unspecified atom stereocenters. The number of benzene rings is 1. The molecule has 2 saturated carbocycles. The highest BCUT2D eigenvalue weighted by Crippen LogP contribution is 2.57. The Morgan fingerprint density at radius 1 is 1.18 bits per heavy atom. The van der Waals surface area contributed by atoms with Crippen molar-refractivity contribution >= 4 is 5.91 Å². The Labute approximate surface area is 207 Å². The molecule has 4 rings (SSSR count). The van der Waals surface area contributed by atoms with Gasteiger partial charge in [-0.05, 0) is 118 Å². The second kappa shape index (κ2) is 10.4. The fraction of sp³-hybridized carbons (Fsp3) is 0.645. The van der Waals surface area contributed by atoms with Gasteiger partial charge in [0.05, 0.1) is 5.60 Å². The topological polar surface area (TPSA) is 49.3 Å². The van der Waals surface area contributed by atoms with Crippen molar-refractivity contribution < 1.29 is 9.90 Å². The molecule has 0 bridgehead atoms. The number of amides is 1. The molecule has 2 fully saturated rings. The van der Waals surface area contributed by atoms with Crippen LogP contribution in [0.3, 0.4) is 0 Å². The summed E-state index contributed by atoms with van der Waals surface area (Å²) >= 11 is 0. The van der Waals surface area contributed by atoms with E-state index in [4.69, 9.17) is 0 Å². The van der Waals surface area contributed by atoms with E-state index in [0.29, 0.717) is 5.92 Å². The lowest BCUT2D eigenvalue weighted by atomic mass is 9.55. The summed E-state index contributed by atoms with van der Waals surface area (Å²) in [7, 11) is 0. The molecule has 186 valence electrons. The summed E-state index contributed by atoms with van der Waals surface area (Å²) in [5, 5.41) is 14.5. The van der Waals surface area contributed by atoms with E-state index in [9.17, 15) is 9.90 Å². The maximum Gasteiger partial charge on any atom is 0.255 e. The molecule has 0 aliphatic heterocycles. The molecule has 0 saturated heterocycles. The summed E-state index contributed by atoms with van der Waals surface area (Å²) in [5.41, 5.74) is 5.33. The third-order valence-electron chi connectivity index (χ3n) is 8.72. The molecular weight excluding hydrogens is 418 g/mol. The number of allylic oxidation sites excluding steroid dienone is 3. The first-order valence-electron chi connectivity index (χ1n) is 13.8. The van der Waals surface area contributed by atoms with Crippen LogP contribution in [-0.2, 0) is 11.8 Å². The van der Waals surface area contributed by atoms with E-state index >= 15 is 0 Å². The van der Waals surface area contributed by atoms with Crippen LogP contribution in [0.15, 0.2) is 41.6 Å². The summed E-state index contributed by atoms with van der Waals surface area (Å²) in [6.45, 7) is 8.37. The average Bonchev–Trinajstić information content (AvgIpc) is 3.63. The minimum atomic E-state index is -0.483. The predicted molar refractivity (Wildman–Crippen MR) is 141 cm³/mol. The smallest absolute Gasteiger partial charge is 0.255 e. The molecule has 1 aromatic rings. The molecule has 2 N–H and O–H groups in total. The first-order chi connectivity index (χ1) is 16.3. The van der Waals surface area contributed by atoms with Gasteiger partial charge in [-0.3, -0.25) is 4.79 Å². The fourth-order valence-corrected chi connectivity index (χ4v) is 6.79. The molecule has 3 nitrogen and oxygen atoms in total. The molecule has 3 aliphatic carbocycles. The molecule has 3 heteroatoms. The first-order valence-corrected chi connectivity index (χ1v) is 13.8. The summed E-state index contributed by atoms with van der Waals surface area (Å²) in [5.74, 6) is 1.38. The van der Waals surface area contributed by atoms with Gasteiger partial charge in [0.2, 0.25) is 0 Å². The Hall–Kier alpha value is -1.87. The van der Waals surface area contributed by atoms with E-state index in [2.05, 4.69) is 43.4 Å². The molecule has 3 aliphatic rings. The van der Waals surface area contributed by atoms with Gasteiger partial charge < -0.3 is 10.4 Å². The van der Waals surface area contributed by atoms with Gasteiger partial charge >= 0.3 is 0 Å². The van der Waals surface area contributed by atoms with Crippen LogP contribution in [0.5, 0.6) is 0 Å². The van der Waals surface area contributed by atoms with Crippen molar-refractivity contribution in [1.29, 1.82) is 0 Å². The maximum absolute atomic E-state index is 13.2. The molecular formula is C31H45NO2. The Kier molecular flexibility index (Phi) is 7.72. The van der Waals surface area contributed by atoms with Crippen LogP contribution in [0.1, 0.15) is 120 Å². The van der Waals surface area contributed by atoms with Gasteiger partial charge in [0.25, 0.3) is 5.91 Å². The van der Waals surface area contributed by atoms with Gasteiger partial charge in [0, 0.05) is 11.3 Å². The zero-order valence-electron chi connectivity index (χ0n) is 21.9. The Morgan fingerprint density at radius 3 is 2.65 bits per heavy atom. The van der Waals surface area contributed by atoms with Crippen LogP contribution in [0.2, 0.25) is 0 Å². The molecule has 1 amide bonds. The van der Waals surface area contributed by atoms with E-state index < -0.39 is 5.60 Å². The minimum absolute atomic E-state index is 0.0160. The van der Waals surface area contributed by atoms with Crippen LogP contribution in [0, 0.1) is 11.8 Å². The highest BCUT2D eigenvalue weighted by atomic mass is 16.3. The van der Waals surface area contributed by atoms with Crippen molar-refractivity contribution in [2.75, 3.05) is 0 Å².